The van der Waals surface area contributed by atoms with Crippen LogP contribution in [0.25, 0.3) is 0 Å². The fourth-order valence-corrected chi connectivity index (χ4v) is 8.64. The Morgan fingerprint density at radius 1 is 0.833 bits per heavy atom. The highest BCUT2D eigenvalue weighted by molar-refractivity contribution is 5.07. The van der Waals surface area contributed by atoms with E-state index >= 15 is 0 Å². The Balaban J connectivity index is 1.53. The van der Waals surface area contributed by atoms with Gasteiger partial charge in [0.1, 0.15) is 0 Å². The molecule has 0 heteroatoms. The van der Waals surface area contributed by atoms with Crippen molar-refractivity contribution in [2.45, 2.75) is 98.8 Å². The molecule has 0 amide bonds. The Morgan fingerprint density at radius 2 is 1.58 bits per heavy atom. The van der Waals surface area contributed by atoms with Crippen molar-refractivity contribution >= 4 is 0 Å². The van der Waals surface area contributed by atoms with Crippen LogP contribution in [0.3, 0.4) is 0 Å². The monoisotopic (exact) mass is 330 g/mol. The first-order valence-corrected chi connectivity index (χ1v) is 11.4. The fourth-order valence-electron chi connectivity index (χ4n) is 8.64. The minimum Gasteiger partial charge on any atom is -0.0649 e. The van der Waals surface area contributed by atoms with E-state index in [0.717, 1.165) is 41.4 Å². The first-order chi connectivity index (χ1) is 11.4. The van der Waals surface area contributed by atoms with Gasteiger partial charge in [0.2, 0.25) is 0 Å². The van der Waals surface area contributed by atoms with Crippen molar-refractivity contribution in [3.63, 3.8) is 0 Å². The highest BCUT2D eigenvalue weighted by Gasteiger charge is 2.57. The molecular weight excluding hydrogens is 288 g/mol. The number of hydrogen-bond donors (Lipinski definition) is 0. The summed E-state index contributed by atoms with van der Waals surface area (Å²) < 4.78 is 0. The molecule has 0 aromatic rings. The van der Waals surface area contributed by atoms with Crippen LogP contribution in [-0.4, -0.2) is 0 Å². The summed E-state index contributed by atoms with van der Waals surface area (Å²) in [6, 6.07) is 0. The van der Waals surface area contributed by atoms with Crippen molar-refractivity contribution in [3.05, 3.63) is 0 Å². The summed E-state index contributed by atoms with van der Waals surface area (Å²) in [5.74, 6) is 7.37. The van der Waals surface area contributed by atoms with Gasteiger partial charge in [0.25, 0.3) is 0 Å². The molecule has 6 unspecified atom stereocenters. The molecule has 0 saturated heterocycles. The number of hydrogen-bond acceptors (Lipinski definition) is 0. The zero-order valence-corrected chi connectivity index (χ0v) is 17.1. The molecule has 0 heterocycles. The summed E-state index contributed by atoms with van der Waals surface area (Å²) >= 11 is 0. The highest BCUT2D eigenvalue weighted by Crippen LogP contribution is 2.66. The molecule has 4 aliphatic rings. The van der Waals surface area contributed by atoms with Crippen molar-refractivity contribution in [1.29, 1.82) is 0 Å². The molecular formula is C24H42. The smallest absolute Gasteiger partial charge is 0.0264 e. The molecule has 0 radical (unpaired) electrons. The summed E-state index contributed by atoms with van der Waals surface area (Å²) in [4.78, 5) is 0. The lowest BCUT2D eigenvalue weighted by Gasteiger charge is -2.58. The van der Waals surface area contributed by atoms with Crippen LogP contribution >= 0.6 is 0 Å². The molecule has 0 spiro atoms. The molecule has 138 valence electrons. The molecule has 0 aliphatic heterocycles. The molecule has 4 aliphatic carbocycles. The molecule has 4 fully saturated rings. The van der Waals surface area contributed by atoms with Crippen LogP contribution < -0.4 is 0 Å². The molecule has 0 aromatic heterocycles. The second-order valence-corrected chi connectivity index (χ2v) is 11.3. The standard InChI is InChI=1S/C24H42/c1-6-23(4)13-11-18-17(15-23)7-8-20-19(18)12-14-24(5)21(16(2)3)9-10-22(20)24/h16-22H,6-15H2,1-5H3/t17?,18?,19?,20?,21?,22-,23-,24?/m0/s1. The van der Waals surface area contributed by atoms with E-state index in [1.165, 1.54) is 19.3 Å². The third-order valence-corrected chi connectivity index (χ3v) is 10.1. The first-order valence-electron chi connectivity index (χ1n) is 11.4. The topological polar surface area (TPSA) is 0 Å². The molecule has 4 rings (SSSR count). The molecule has 0 N–H and O–H groups in total. The van der Waals surface area contributed by atoms with Crippen molar-refractivity contribution < 1.29 is 0 Å². The average Bonchev–Trinajstić information content (AvgIpc) is 2.91. The van der Waals surface area contributed by atoms with Gasteiger partial charge in [-0.3, -0.25) is 0 Å². The van der Waals surface area contributed by atoms with E-state index in [1.807, 2.05) is 0 Å². The maximum atomic E-state index is 2.70. The molecule has 0 nitrogen and oxygen atoms in total. The lowest BCUT2D eigenvalue weighted by Crippen LogP contribution is -2.49. The second-order valence-electron chi connectivity index (χ2n) is 11.3. The Hall–Kier alpha value is 0. The van der Waals surface area contributed by atoms with E-state index in [2.05, 4.69) is 34.6 Å². The van der Waals surface area contributed by atoms with Crippen LogP contribution in [0.15, 0.2) is 0 Å². The summed E-state index contributed by atoms with van der Waals surface area (Å²) in [6.07, 6.45) is 15.4. The van der Waals surface area contributed by atoms with Crippen molar-refractivity contribution in [3.8, 4) is 0 Å². The maximum Gasteiger partial charge on any atom is -0.0264 e. The highest BCUT2D eigenvalue weighted by atomic mass is 14.6. The van der Waals surface area contributed by atoms with Crippen LogP contribution in [0.2, 0.25) is 0 Å². The second kappa shape index (κ2) is 6.02. The van der Waals surface area contributed by atoms with Crippen LogP contribution in [0.5, 0.6) is 0 Å². The first kappa shape index (κ1) is 17.4. The van der Waals surface area contributed by atoms with E-state index in [1.54, 1.807) is 44.9 Å². The van der Waals surface area contributed by atoms with E-state index in [4.69, 9.17) is 0 Å². The predicted octanol–water partition coefficient (Wildman–Crippen LogP) is 7.33. The van der Waals surface area contributed by atoms with Gasteiger partial charge in [-0.1, -0.05) is 41.0 Å². The zero-order chi connectivity index (χ0) is 17.1. The Bertz CT molecular complexity index is 465. The third-order valence-electron chi connectivity index (χ3n) is 10.1. The van der Waals surface area contributed by atoms with Crippen molar-refractivity contribution in [1.82, 2.24) is 0 Å². The number of rotatable bonds is 2. The van der Waals surface area contributed by atoms with E-state index in [9.17, 15) is 0 Å². The van der Waals surface area contributed by atoms with Gasteiger partial charge in [-0.15, -0.1) is 0 Å². The Morgan fingerprint density at radius 3 is 2.29 bits per heavy atom. The normalized spacial score (nSPS) is 54.2. The summed E-state index contributed by atoms with van der Waals surface area (Å²) in [6.45, 7) is 12.7. The molecule has 24 heavy (non-hydrogen) atoms. The molecule has 4 saturated carbocycles. The zero-order valence-electron chi connectivity index (χ0n) is 17.1. The maximum absolute atomic E-state index is 2.70. The van der Waals surface area contributed by atoms with Crippen LogP contribution in [0.1, 0.15) is 98.8 Å². The lowest BCUT2D eigenvalue weighted by molar-refractivity contribution is -0.0822. The van der Waals surface area contributed by atoms with Crippen LogP contribution in [0, 0.1) is 52.3 Å². The van der Waals surface area contributed by atoms with Crippen LogP contribution in [-0.2, 0) is 0 Å². The van der Waals surface area contributed by atoms with Crippen LogP contribution in [0.4, 0.5) is 0 Å². The van der Waals surface area contributed by atoms with E-state index in [0.29, 0.717) is 10.8 Å². The summed E-state index contributed by atoms with van der Waals surface area (Å²) in [5, 5.41) is 0. The van der Waals surface area contributed by atoms with Gasteiger partial charge in [-0.25, -0.2) is 0 Å². The summed E-state index contributed by atoms with van der Waals surface area (Å²) in [5.41, 5.74) is 1.36. The fraction of sp³-hybridized carbons (Fsp3) is 1.00. The van der Waals surface area contributed by atoms with Gasteiger partial charge in [-0.05, 0) is 110 Å². The predicted molar refractivity (Wildman–Crippen MR) is 104 cm³/mol. The largest absolute Gasteiger partial charge is 0.0649 e. The van der Waals surface area contributed by atoms with Gasteiger partial charge in [0.05, 0.1) is 0 Å². The minimum atomic E-state index is 0.674. The van der Waals surface area contributed by atoms with Gasteiger partial charge in [-0.2, -0.15) is 0 Å². The van der Waals surface area contributed by atoms with Crippen molar-refractivity contribution in [2.75, 3.05) is 0 Å². The van der Waals surface area contributed by atoms with Gasteiger partial charge in [0.15, 0.2) is 0 Å². The summed E-state index contributed by atoms with van der Waals surface area (Å²) in [7, 11) is 0. The third kappa shape index (κ3) is 2.52. The Labute approximate surface area is 151 Å². The Kier molecular flexibility index (Phi) is 4.37. The van der Waals surface area contributed by atoms with Gasteiger partial charge >= 0.3 is 0 Å². The molecule has 0 bridgehead atoms. The van der Waals surface area contributed by atoms with Gasteiger partial charge in [0, 0.05) is 0 Å². The van der Waals surface area contributed by atoms with E-state index in [-0.39, 0.29) is 0 Å². The molecule has 0 aromatic carbocycles. The minimum absolute atomic E-state index is 0.674. The number of fused-ring (bicyclic) bond motifs is 5. The average molecular weight is 331 g/mol. The SMILES string of the molecule is CC[C@@]1(C)CCC2C(CCC3C2CCC2(C)C(C(C)C)CC[C@@H]32)C1. The van der Waals surface area contributed by atoms with Crippen molar-refractivity contribution in [2.24, 2.45) is 52.3 Å². The molecule has 8 atom stereocenters. The van der Waals surface area contributed by atoms with E-state index < -0.39 is 0 Å². The quantitative estimate of drug-likeness (QED) is 0.497. The lowest BCUT2D eigenvalue weighted by atomic mass is 9.47. The van der Waals surface area contributed by atoms with Gasteiger partial charge < -0.3 is 0 Å².